The maximum absolute atomic E-state index is 13.6. The summed E-state index contributed by atoms with van der Waals surface area (Å²) in [6.45, 7) is 5.17. The van der Waals surface area contributed by atoms with E-state index in [0.29, 0.717) is 30.6 Å². The Balaban J connectivity index is 1.71. The van der Waals surface area contributed by atoms with E-state index in [1.54, 1.807) is 19.1 Å². The molecular weight excluding hydrogens is 552 g/mol. The summed E-state index contributed by atoms with van der Waals surface area (Å²) in [6, 6.07) is 22.5. The first-order chi connectivity index (χ1) is 19.8. The van der Waals surface area contributed by atoms with Gasteiger partial charge in [-0.2, -0.15) is 0 Å². The summed E-state index contributed by atoms with van der Waals surface area (Å²) in [6.07, 6.45) is 4.19. The molecule has 10 heteroatoms. The Kier molecular flexibility index (Phi) is 9.36. The molecule has 1 aliphatic rings. The number of aromatic nitrogens is 1. The van der Waals surface area contributed by atoms with Crippen LogP contribution in [0.25, 0.3) is 0 Å². The molecule has 1 aromatic heterocycles. The van der Waals surface area contributed by atoms with E-state index >= 15 is 0 Å². The van der Waals surface area contributed by atoms with Gasteiger partial charge < -0.3 is 15.3 Å². The van der Waals surface area contributed by atoms with E-state index in [2.05, 4.69) is 17.1 Å². The first-order valence-electron chi connectivity index (χ1n) is 13.9. The van der Waals surface area contributed by atoms with Gasteiger partial charge in [0.05, 0.1) is 11.8 Å². The predicted octanol–water partition coefficient (Wildman–Crippen LogP) is 5.15. The Labute approximate surface area is 247 Å². The maximum atomic E-state index is 13.6. The van der Waals surface area contributed by atoms with Gasteiger partial charge >= 0.3 is 6.09 Å². The van der Waals surface area contributed by atoms with Crippen LogP contribution in [0.5, 0.6) is 0 Å². The minimum absolute atomic E-state index is 0.129. The quantitative estimate of drug-likeness (QED) is 0.209. The van der Waals surface area contributed by atoms with Crippen molar-refractivity contribution in [2.45, 2.75) is 38.8 Å². The van der Waals surface area contributed by atoms with Gasteiger partial charge in [-0.25, -0.2) is 18.2 Å². The van der Waals surface area contributed by atoms with Gasteiger partial charge in [0, 0.05) is 25.7 Å². The Bertz CT molecular complexity index is 1550. The standard InChI is InChI=1S/C32H38N4O5S/c1-23-17-27(23)22-36(21-25-13-9-6-10-14-25)30-19-26(18-29(33-30)35(3)42(4,40)41)28(37)15-16-32(2,34-31(38)39)20-24-11-7-5-8-12-24/h5-16,18-19,23,27,34H,17,20-22H2,1-4H3,(H,38,39). The van der Waals surface area contributed by atoms with Crippen molar-refractivity contribution in [3.05, 3.63) is 102 Å². The van der Waals surface area contributed by atoms with E-state index in [9.17, 15) is 23.1 Å². The number of pyridine rings is 1. The lowest BCUT2D eigenvalue weighted by Crippen LogP contribution is -2.45. The van der Waals surface area contributed by atoms with Gasteiger partial charge in [0.15, 0.2) is 5.78 Å². The van der Waals surface area contributed by atoms with Gasteiger partial charge in [-0.1, -0.05) is 73.7 Å². The molecule has 2 aromatic carbocycles. The lowest BCUT2D eigenvalue weighted by molar-refractivity contribution is 0.104. The molecule has 0 spiro atoms. The third-order valence-electron chi connectivity index (χ3n) is 7.58. The lowest BCUT2D eigenvalue weighted by Gasteiger charge is -2.27. The highest BCUT2D eigenvalue weighted by Crippen LogP contribution is 2.39. The van der Waals surface area contributed by atoms with E-state index in [-0.39, 0.29) is 11.4 Å². The van der Waals surface area contributed by atoms with Crippen molar-refractivity contribution >= 4 is 33.5 Å². The van der Waals surface area contributed by atoms with Crippen LogP contribution in [0, 0.1) is 11.8 Å². The molecule has 0 aliphatic heterocycles. The van der Waals surface area contributed by atoms with Gasteiger partial charge in [-0.05, 0) is 60.9 Å². The number of nitrogens with zero attached hydrogens (tertiary/aromatic N) is 3. The second-order valence-corrected chi connectivity index (χ2v) is 13.4. The topological polar surface area (TPSA) is 120 Å². The largest absolute Gasteiger partial charge is 0.465 e. The van der Waals surface area contributed by atoms with Crippen molar-refractivity contribution in [1.29, 1.82) is 0 Å². The zero-order valence-electron chi connectivity index (χ0n) is 24.4. The Morgan fingerprint density at radius 1 is 1.05 bits per heavy atom. The SMILES string of the molecule is CC1CC1CN(Cc1ccccc1)c1cc(C(=O)C=CC(C)(Cc2ccccc2)NC(=O)O)cc(N(C)S(C)(=O)=O)n1. The molecule has 2 N–H and O–H groups in total. The molecule has 0 bridgehead atoms. The summed E-state index contributed by atoms with van der Waals surface area (Å²) in [7, 11) is -2.25. The molecule has 0 saturated heterocycles. The van der Waals surface area contributed by atoms with Crippen molar-refractivity contribution in [2.24, 2.45) is 11.8 Å². The number of carbonyl (C=O) groups excluding carboxylic acids is 1. The lowest BCUT2D eigenvalue weighted by atomic mass is 9.91. The van der Waals surface area contributed by atoms with Crippen LogP contribution in [0.1, 0.15) is 41.8 Å². The van der Waals surface area contributed by atoms with Crippen LogP contribution in [-0.4, -0.2) is 55.8 Å². The van der Waals surface area contributed by atoms with Gasteiger partial charge in [-0.15, -0.1) is 0 Å². The first-order valence-corrected chi connectivity index (χ1v) is 15.7. The summed E-state index contributed by atoms with van der Waals surface area (Å²) >= 11 is 0. The fraction of sp³-hybridized carbons (Fsp3) is 0.344. The summed E-state index contributed by atoms with van der Waals surface area (Å²) in [5, 5.41) is 12.0. The van der Waals surface area contributed by atoms with Crippen molar-refractivity contribution < 1.29 is 23.1 Å². The minimum atomic E-state index is -3.66. The number of amides is 1. The number of hydrogen-bond acceptors (Lipinski definition) is 6. The number of carboxylic acid groups (broad SMARTS) is 1. The van der Waals surface area contributed by atoms with E-state index < -0.39 is 27.4 Å². The average Bonchev–Trinajstić information content (AvgIpc) is 3.64. The number of anilines is 2. The van der Waals surface area contributed by atoms with Gasteiger partial charge in [0.2, 0.25) is 10.0 Å². The van der Waals surface area contributed by atoms with E-state index in [1.807, 2.05) is 60.7 Å². The summed E-state index contributed by atoms with van der Waals surface area (Å²) in [5.74, 6) is 1.29. The number of benzene rings is 2. The monoisotopic (exact) mass is 590 g/mol. The van der Waals surface area contributed by atoms with Crippen LogP contribution < -0.4 is 14.5 Å². The summed E-state index contributed by atoms with van der Waals surface area (Å²) < 4.78 is 26.0. The molecule has 4 rings (SSSR count). The molecule has 222 valence electrons. The van der Waals surface area contributed by atoms with Crippen LogP contribution in [0.3, 0.4) is 0 Å². The molecule has 3 aromatic rings. The maximum Gasteiger partial charge on any atom is 0.405 e. The van der Waals surface area contributed by atoms with Crippen molar-refractivity contribution in [1.82, 2.24) is 10.3 Å². The Morgan fingerprint density at radius 2 is 1.62 bits per heavy atom. The number of carbonyl (C=O) groups is 2. The van der Waals surface area contributed by atoms with Gasteiger partial charge in [-0.3, -0.25) is 9.10 Å². The van der Waals surface area contributed by atoms with E-state index in [0.717, 1.165) is 34.7 Å². The van der Waals surface area contributed by atoms with Crippen molar-refractivity contribution in [3.8, 4) is 0 Å². The molecule has 1 aliphatic carbocycles. The van der Waals surface area contributed by atoms with Gasteiger partial charge in [0.25, 0.3) is 0 Å². The summed E-state index contributed by atoms with van der Waals surface area (Å²) in [5.41, 5.74) is 1.16. The molecule has 9 nitrogen and oxygen atoms in total. The fourth-order valence-corrected chi connectivity index (χ4v) is 5.31. The second kappa shape index (κ2) is 12.8. The molecular formula is C32H38N4O5S. The highest BCUT2D eigenvalue weighted by atomic mass is 32.2. The smallest absolute Gasteiger partial charge is 0.405 e. The number of hydrogen-bond donors (Lipinski definition) is 2. The van der Waals surface area contributed by atoms with Crippen molar-refractivity contribution in [2.75, 3.05) is 29.1 Å². The number of allylic oxidation sites excluding steroid dienone is 1. The number of ketones is 1. The highest BCUT2D eigenvalue weighted by Gasteiger charge is 2.35. The Morgan fingerprint density at radius 3 is 2.17 bits per heavy atom. The fourth-order valence-electron chi connectivity index (χ4n) is 4.88. The number of rotatable bonds is 13. The number of sulfonamides is 1. The van der Waals surface area contributed by atoms with Crippen LogP contribution in [-0.2, 0) is 23.0 Å². The Hall–Kier alpha value is -4.18. The average molecular weight is 591 g/mol. The van der Waals surface area contributed by atoms with Crippen LogP contribution in [0.4, 0.5) is 16.4 Å². The highest BCUT2D eigenvalue weighted by molar-refractivity contribution is 7.92. The molecule has 1 amide bonds. The third-order valence-corrected chi connectivity index (χ3v) is 8.77. The second-order valence-electron chi connectivity index (χ2n) is 11.3. The zero-order chi connectivity index (χ0) is 30.5. The normalized spacial score (nSPS) is 17.8. The molecule has 1 saturated carbocycles. The zero-order valence-corrected chi connectivity index (χ0v) is 25.2. The molecule has 1 heterocycles. The predicted molar refractivity (Wildman–Crippen MR) is 165 cm³/mol. The van der Waals surface area contributed by atoms with Crippen LogP contribution >= 0.6 is 0 Å². The molecule has 1 fully saturated rings. The van der Waals surface area contributed by atoms with Crippen molar-refractivity contribution in [3.63, 3.8) is 0 Å². The third kappa shape index (κ3) is 8.42. The van der Waals surface area contributed by atoms with E-state index in [4.69, 9.17) is 4.98 Å². The molecule has 3 unspecified atom stereocenters. The minimum Gasteiger partial charge on any atom is -0.465 e. The molecule has 42 heavy (non-hydrogen) atoms. The van der Waals surface area contributed by atoms with E-state index in [1.165, 1.54) is 19.2 Å². The summed E-state index contributed by atoms with van der Waals surface area (Å²) in [4.78, 5) is 32.0. The molecule has 3 atom stereocenters. The number of nitrogens with one attached hydrogen (secondary N) is 1. The molecule has 0 radical (unpaired) electrons. The first kappa shape index (κ1) is 30.8. The van der Waals surface area contributed by atoms with Crippen LogP contribution in [0.2, 0.25) is 0 Å². The van der Waals surface area contributed by atoms with Crippen LogP contribution in [0.15, 0.2) is 84.9 Å². The van der Waals surface area contributed by atoms with Gasteiger partial charge in [0.1, 0.15) is 11.6 Å².